The molecule has 4 rings (SSSR count). The number of rotatable bonds is 4. The van der Waals surface area contributed by atoms with Crippen LogP contribution in [-0.2, 0) is 18.4 Å². The highest BCUT2D eigenvalue weighted by Gasteiger charge is 2.27. The third-order valence-electron chi connectivity index (χ3n) is 5.10. The molecule has 0 atom stereocenters. The zero-order valence-electron chi connectivity index (χ0n) is 14.9. The first-order chi connectivity index (χ1) is 12.7. The van der Waals surface area contributed by atoms with Crippen LogP contribution in [-0.4, -0.2) is 33.5 Å². The predicted octanol–water partition coefficient (Wildman–Crippen LogP) is 2.50. The van der Waals surface area contributed by atoms with Gasteiger partial charge < -0.3 is 14.8 Å². The van der Waals surface area contributed by atoms with Crippen molar-refractivity contribution in [3.8, 4) is 0 Å². The van der Waals surface area contributed by atoms with Crippen molar-refractivity contribution in [3.05, 3.63) is 54.4 Å². The van der Waals surface area contributed by atoms with E-state index in [9.17, 15) is 4.79 Å². The minimum absolute atomic E-state index is 0.0672. The number of fused-ring (bicyclic) bond motifs is 1. The number of aryl methyl sites for hydroxylation is 1. The number of hydrogen-bond donors (Lipinski definition) is 1. The summed E-state index contributed by atoms with van der Waals surface area (Å²) in [6.07, 6.45) is 5.22. The normalized spacial score (nSPS) is 15.3. The van der Waals surface area contributed by atoms with E-state index in [1.165, 1.54) is 0 Å². The second kappa shape index (κ2) is 7.15. The molecule has 0 aliphatic carbocycles. The van der Waals surface area contributed by atoms with Gasteiger partial charge in [-0.2, -0.15) is 0 Å². The number of piperidine rings is 1. The van der Waals surface area contributed by atoms with Crippen LogP contribution in [0.15, 0.2) is 48.8 Å². The van der Waals surface area contributed by atoms with Gasteiger partial charge in [0.25, 0.3) is 0 Å². The summed E-state index contributed by atoms with van der Waals surface area (Å²) in [7, 11) is 2.05. The van der Waals surface area contributed by atoms with Crippen LogP contribution in [0.25, 0.3) is 11.0 Å². The van der Waals surface area contributed by atoms with Crippen LogP contribution in [0.4, 0.5) is 5.95 Å². The van der Waals surface area contributed by atoms with E-state index in [0.29, 0.717) is 6.54 Å². The fraction of sp³-hybridized carbons (Fsp3) is 0.350. The van der Waals surface area contributed by atoms with Gasteiger partial charge in [-0.05, 0) is 36.6 Å². The van der Waals surface area contributed by atoms with Gasteiger partial charge in [-0.15, -0.1) is 0 Å². The van der Waals surface area contributed by atoms with E-state index < -0.39 is 0 Å². The number of pyridine rings is 1. The summed E-state index contributed by atoms with van der Waals surface area (Å²) in [5.74, 6) is 1.19. The number of aromatic nitrogens is 3. The zero-order valence-corrected chi connectivity index (χ0v) is 14.9. The molecular formula is C20H23N5O. The van der Waals surface area contributed by atoms with Crippen LogP contribution in [0.5, 0.6) is 0 Å². The number of benzene rings is 1. The molecule has 0 spiro atoms. The van der Waals surface area contributed by atoms with E-state index in [1.54, 1.807) is 12.4 Å². The van der Waals surface area contributed by atoms with E-state index in [1.807, 2.05) is 30.3 Å². The number of carbonyl (C=O) groups excluding carboxylic acids is 1. The molecule has 1 N–H and O–H groups in total. The Bertz CT molecular complexity index is 897. The van der Waals surface area contributed by atoms with Gasteiger partial charge in [-0.3, -0.25) is 9.78 Å². The van der Waals surface area contributed by atoms with Crippen molar-refractivity contribution in [2.45, 2.75) is 19.4 Å². The first kappa shape index (κ1) is 16.6. The smallest absolute Gasteiger partial charge is 0.223 e. The maximum absolute atomic E-state index is 12.5. The molecule has 2 aromatic heterocycles. The summed E-state index contributed by atoms with van der Waals surface area (Å²) >= 11 is 0. The average molecular weight is 349 g/mol. The largest absolute Gasteiger partial charge is 0.352 e. The second-order valence-electron chi connectivity index (χ2n) is 6.80. The van der Waals surface area contributed by atoms with Gasteiger partial charge in [0.2, 0.25) is 11.9 Å². The fourth-order valence-corrected chi connectivity index (χ4v) is 3.59. The molecule has 3 heterocycles. The molecule has 0 saturated carbocycles. The summed E-state index contributed by atoms with van der Waals surface area (Å²) < 4.78 is 2.14. The molecule has 1 aromatic carbocycles. The number of anilines is 1. The quantitative estimate of drug-likeness (QED) is 0.786. The minimum atomic E-state index is 0.0672. The number of para-hydroxylation sites is 2. The summed E-state index contributed by atoms with van der Waals surface area (Å²) in [6.45, 7) is 2.24. The van der Waals surface area contributed by atoms with Crippen molar-refractivity contribution in [2.75, 3.05) is 18.0 Å². The maximum atomic E-state index is 12.5. The molecule has 6 nitrogen and oxygen atoms in total. The molecule has 3 aromatic rings. The van der Waals surface area contributed by atoms with Crippen molar-refractivity contribution in [1.82, 2.24) is 19.9 Å². The number of hydrogen-bond acceptors (Lipinski definition) is 4. The Labute approximate surface area is 152 Å². The van der Waals surface area contributed by atoms with Crippen LogP contribution in [0.2, 0.25) is 0 Å². The van der Waals surface area contributed by atoms with E-state index in [-0.39, 0.29) is 11.8 Å². The third-order valence-corrected chi connectivity index (χ3v) is 5.10. The Morgan fingerprint density at radius 3 is 2.73 bits per heavy atom. The fourth-order valence-electron chi connectivity index (χ4n) is 3.59. The monoisotopic (exact) mass is 349 g/mol. The highest BCUT2D eigenvalue weighted by atomic mass is 16.1. The van der Waals surface area contributed by atoms with Gasteiger partial charge >= 0.3 is 0 Å². The van der Waals surface area contributed by atoms with Crippen LogP contribution in [0.3, 0.4) is 0 Å². The molecule has 0 unspecified atom stereocenters. The molecule has 0 bridgehead atoms. The topological polar surface area (TPSA) is 63.1 Å². The summed E-state index contributed by atoms with van der Waals surface area (Å²) in [5.41, 5.74) is 3.18. The van der Waals surface area contributed by atoms with Crippen molar-refractivity contribution in [3.63, 3.8) is 0 Å². The average Bonchev–Trinajstić information content (AvgIpc) is 3.04. The third kappa shape index (κ3) is 3.27. The van der Waals surface area contributed by atoms with Gasteiger partial charge in [0.1, 0.15) is 0 Å². The Morgan fingerprint density at radius 2 is 2.00 bits per heavy atom. The molecule has 1 amide bonds. The van der Waals surface area contributed by atoms with Crippen molar-refractivity contribution in [2.24, 2.45) is 13.0 Å². The van der Waals surface area contributed by atoms with Crippen LogP contribution in [0.1, 0.15) is 18.4 Å². The molecule has 1 aliphatic heterocycles. The lowest BCUT2D eigenvalue weighted by Crippen LogP contribution is -2.41. The second-order valence-corrected chi connectivity index (χ2v) is 6.80. The molecule has 26 heavy (non-hydrogen) atoms. The highest BCUT2D eigenvalue weighted by molar-refractivity contribution is 5.80. The Morgan fingerprint density at radius 1 is 1.19 bits per heavy atom. The molecule has 1 saturated heterocycles. The van der Waals surface area contributed by atoms with Gasteiger partial charge in [0.15, 0.2) is 0 Å². The SMILES string of the molecule is Cn1c(N2CCC(C(=O)NCc3cccnc3)CC2)nc2ccccc21. The Balaban J connectivity index is 1.36. The first-order valence-corrected chi connectivity index (χ1v) is 9.05. The van der Waals surface area contributed by atoms with Crippen LogP contribution >= 0.6 is 0 Å². The van der Waals surface area contributed by atoms with E-state index in [2.05, 4.69) is 32.9 Å². The first-order valence-electron chi connectivity index (χ1n) is 9.05. The van der Waals surface area contributed by atoms with E-state index in [0.717, 1.165) is 48.5 Å². The summed E-state index contributed by atoms with van der Waals surface area (Å²) in [5, 5.41) is 3.04. The lowest BCUT2D eigenvalue weighted by atomic mass is 9.96. The molecule has 0 radical (unpaired) electrons. The number of carbonyl (C=O) groups is 1. The molecule has 1 fully saturated rings. The lowest BCUT2D eigenvalue weighted by Gasteiger charge is -2.32. The van der Waals surface area contributed by atoms with Gasteiger partial charge in [0, 0.05) is 45.0 Å². The maximum Gasteiger partial charge on any atom is 0.223 e. The van der Waals surface area contributed by atoms with Gasteiger partial charge in [-0.1, -0.05) is 18.2 Å². The number of nitrogens with one attached hydrogen (secondary N) is 1. The van der Waals surface area contributed by atoms with Gasteiger partial charge in [0.05, 0.1) is 11.0 Å². The summed E-state index contributed by atoms with van der Waals surface area (Å²) in [6, 6.07) is 12.0. The lowest BCUT2D eigenvalue weighted by molar-refractivity contribution is -0.125. The molecule has 134 valence electrons. The minimum Gasteiger partial charge on any atom is -0.352 e. The van der Waals surface area contributed by atoms with Crippen molar-refractivity contribution >= 4 is 22.9 Å². The zero-order chi connectivity index (χ0) is 17.9. The van der Waals surface area contributed by atoms with Crippen LogP contribution in [0, 0.1) is 5.92 Å². The molecular weight excluding hydrogens is 326 g/mol. The Hall–Kier alpha value is -2.89. The van der Waals surface area contributed by atoms with Crippen molar-refractivity contribution < 1.29 is 4.79 Å². The van der Waals surface area contributed by atoms with Gasteiger partial charge in [-0.25, -0.2) is 4.98 Å². The number of nitrogens with zero attached hydrogens (tertiary/aromatic N) is 4. The van der Waals surface area contributed by atoms with E-state index >= 15 is 0 Å². The number of imidazole rings is 1. The molecule has 6 heteroatoms. The highest BCUT2D eigenvalue weighted by Crippen LogP contribution is 2.26. The van der Waals surface area contributed by atoms with E-state index in [4.69, 9.17) is 4.98 Å². The van der Waals surface area contributed by atoms with Crippen LogP contribution < -0.4 is 10.2 Å². The number of amides is 1. The Kier molecular flexibility index (Phi) is 4.56. The predicted molar refractivity (Wildman–Crippen MR) is 102 cm³/mol. The van der Waals surface area contributed by atoms with Crippen molar-refractivity contribution in [1.29, 1.82) is 0 Å². The standard InChI is InChI=1S/C20H23N5O/c1-24-18-7-3-2-6-17(18)23-20(24)25-11-8-16(9-12-25)19(26)22-14-15-5-4-10-21-13-15/h2-7,10,13,16H,8-9,11-12,14H2,1H3,(H,22,26). The summed E-state index contributed by atoms with van der Waals surface area (Å²) in [4.78, 5) is 23.6. The molecule has 1 aliphatic rings.